The Kier molecular flexibility index (Phi) is 5.79. The maximum Gasteiger partial charge on any atom is 0.411 e. The fraction of sp³-hybridized carbons (Fsp3) is 0.105. The Morgan fingerprint density at radius 1 is 1.04 bits per heavy atom. The Hall–Kier alpha value is -2.24. The van der Waals surface area contributed by atoms with Gasteiger partial charge in [0.15, 0.2) is 0 Å². The number of halogens is 2. The molecule has 0 saturated carbocycles. The zero-order valence-corrected chi connectivity index (χ0v) is 15.5. The fourth-order valence-corrected chi connectivity index (χ4v) is 3.16. The molecule has 128 valence electrons. The predicted molar refractivity (Wildman–Crippen MR) is 104 cm³/mol. The van der Waals surface area contributed by atoms with E-state index in [1.807, 2.05) is 42.5 Å². The maximum atomic E-state index is 12.0. The molecule has 25 heavy (non-hydrogen) atoms. The third-order valence-electron chi connectivity index (χ3n) is 3.49. The number of carbonyl (C=O) groups excluding carboxylic acids is 1. The molecule has 0 bridgehead atoms. The highest BCUT2D eigenvalue weighted by Gasteiger charge is 2.07. The van der Waals surface area contributed by atoms with Gasteiger partial charge < -0.3 is 9.47 Å². The van der Waals surface area contributed by atoms with Crippen molar-refractivity contribution < 1.29 is 14.3 Å². The SMILES string of the molecule is O=C(Nc1cccc2ccccc12)OCCOc1ccc(Cl)cc1Br. The summed E-state index contributed by atoms with van der Waals surface area (Å²) in [7, 11) is 0. The van der Waals surface area contributed by atoms with E-state index in [9.17, 15) is 4.79 Å². The van der Waals surface area contributed by atoms with Gasteiger partial charge in [0.1, 0.15) is 19.0 Å². The highest BCUT2D eigenvalue weighted by atomic mass is 79.9. The molecule has 3 aromatic rings. The van der Waals surface area contributed by atoms with Crippen molar-refractivity contribution in [2.45, 2.75) is 0 Å². The normalized spacial score (nSPS) is 10.5. The van der Waals surface area contributed by atoms with Crippen LogP contribution in [-0.4, -0.2) is 19.3 Å². The zero-order chi connectivity index (χ0) is 17.6. The molecule has 0 spiro atoms. The van der Waals surface area contributed by atoms with Gasteiger partial charge >= 0.3 is 6.09 Å². The molecule has 0 aromatic heterocycles. The van der Waals surface area contributed by atoms with Crippen LogP contribution in [-0.2, 0) is 4.74 Å². The lowest BCUT2D eigenvalue weighted by Gasteiger charge is -2.11. The summed E-state index contributed by atoms with van der Waals surface area (Å²) in [5.74, 6) is 0.641. The van der Waals surface area contributed by atoms with Crippen LogP contribution in [0.3, 0.4) is 0 Å². The Labute approximate surface area is 158 Å². The van der Waals surface area contributed by atoms with Crippen LogP contribution in [0.1, 0.15) is 0 Å². The van der Waals surface area contributed by atoms with Gasteiger partial charge in [0.05, 0.1) is 10.2 Å². The number of hydrogen-bond acceptors (Lipinski definition) is 3. The lowest BCUT2D eigenvalue weighted by atomic mass is 10.1. The molecule has 1 N–H and O–H groups in total. The Morgan fingerprint density at radius 2 is 1.84 bits per heavy atom. The van der Waals surface area contributed by atoms with Gasteiger partial charge in [0.2, 0.25) is 0 Å². The van der Waals surface area contributed by atoms with E-state index in [4.69, 9.17) is 21.1 Å². The Balaban J connectivity index is 1.51. The molecule has 3 aromatic carbocycles. The van der Waals surface area contributed by atoms with Crippen molar-refractivity contribution in [3.8, 4) is 5.75 Å². The third kappa shape index (κ3) is 4.65. The van der Waals surface area contributed by atoms with Crippen LogP contribution in [0.2, 0.25) is 5.02 Å². The van der Waals surface area contributed by atoms with Gasteiger partial charge in [-0.05, 0) is 45.6 Å². The molecule has 0 fully saturated rings. The molecule has 6 heteroatoms. The highest BCUT2D eigenvalue weighted by molar-refractivity contribution is 9.10. The van der Waals surface area contributed by atoms with E-state index < -0.39 is 6.09 Å². The smallest absolute Gasteiger partial charge is 0.411 e. The van der Waals surface area contributed by atoms with E-state index in [1.54, 1.807) is 18.2 Å². The maximum absolute atomic E-state index is 12.0. The summed E-state index contributed by atoms with van der Waals surface area (Å²) in [4.78, 5) is 12.0. The van der Waals surface area contributed by atoms with E-state index in [0.717, 1.165) is 15.2 Å². The number of amides is 1. The summed E-state index contributed by atoms with van der Waals surface area (Å²) in [5, 5.41) is 5.39. The van der Waals surface area contributed by atoms with Crippen molar-refractivity contribution in [1.29, 1.82) is 0 Å². The number of nitrogens with one attached hydrogen (secondary N) is 1. The molecule has 0 aliphatic heterocycles. The second-order valence-electron chi connectivity index (χ2n) is 5.21. The molecule has 0 heterocycles. The molecular formula is C19H15BrClNO3. The second kappa shape index (κ2) is 8.23. The van der Waals surface area contributed by atoms with Gasteiger partial charge in [-0.3, -0.25) is 5.32 Å². The fourth-order valence-electron chi connectivity index (χ4n) is 2.36. The van der Waals surface area contributed by atoms with Crippen LogP contribution in [0.4, 0.5) is 10.5 Å². The molecule has 0 saturated heterocycles. The van der Waals surface area contributed by atoms with Crippen LogP contribution in [0.5, 0.6) is 5.75 Å². The number of benzene rings is 3. The topological polar surface area (TPSA) is 47.6 Å². The average Bonchev–Trinajstić information content (AvgIpc) is 2.60. The predicted octanol–water partition coefficient (Wildman–Crippen LogP) is 5.88. The van der Waals surface area contributed by atoms with Gasteiger partial charge in [-0.2, -0.15) is 0 Å². The molecule has 1 amide bonds. The number of rotatable bonds is 5. The second-order valence-corrected chi connectivity index (χ2v) is 6.50. The van der Waals surface area contributed by atoms with E-state index in [1.165, 1.54) is 0 Å². The molecular weight excluding hydrogens is 406 g/mol. The summed E-state index contributed by atoms with van der Waals surface area (Å²) in [6.45, 7) is 0.370. The van der Waals surface area contributed by atoms with Crippen molar-refractivity contribution in [2.24, 2.45) is 0 Å². The van der Waals surface area contributed by atoms with Crippen molar-refractivity contribution in [3.63, 3.8) is 0 Å². The molecule has 0 aliphatic carbocycles. The average molecular weight is 421 g/mol. The minimum atomic E-state index is -0.518. The summed E-state index contributed by atoms with van der Waals surface area (Å²) in [6.07, 6.45) is -0.518. The minimum Gasteiger partial charge on any atom is -0.489 e. The number of hydrogen-bond donors (Lipinski definition) is 1. The van der Waals surface area contributed by atoms with Gasteiger partial charge in [0, 0.05) is 10.4 Å². The summed E-state index contributed by atoms with van der Waals surface area (Å²) >= 11 is 9.24. The highest BCUT2D eigenvalue weighted by Crippen LogP contribution is 2.28. The first-order valence-electron chi connectivity index (χ1n) is 7.63. The van der Waals surface area contributed by atoms with Crippen molar-refractivity contribution in [2.75, 3.05) is 18.5 Å². The van der Waals surface area contributed by atoms with Crippen molar-refractivity contribution in [1.82, 2.24) is 0 Å². The van der Waals surface area contributed by atoms with Gasteiger partial charge in [-0.1, -0.05) is 48.0 Å². The van der Waals surface area contributed by atoms with Crippen LogP contribution in [0.25, 0.3) is 10.8 Å². The molecule has 3 rings (SSSR count). The first-order chi connectivity index (χ1) is 12.1. The third-order valence-corrected chi connectivity index (χ3v) is 4.35. The van der Waals surface area contributed by atoms with Crippen molar-refractivity contribution in [3.05, 3.63) is 70.2 Å². The van der Waals surface area contributed by atoms with Crippen LogP contribution >= 0.6 is 27.5 Å². The summed E-state index contributed by atoms with van der Waals surface area (Å²) < 4.78 is 11.5. The summed E-state index contributed by atoms with van der Waals surface area (Å²) in [6, 6.07) is 18.8. The van der Waals surface area contributed by atoms with Crippen LogP contribution in [0.15, 0.2) is 65.1 Å². The van der Waals surface area contributed by atoms with Gasteiger partial charge in [0.25, 0.3) is 0 Å². The van der Waals surface area contributed by atoms with E-state index in [2.05, 4.69) is 21.2 Å². The van der Waals surface area contributed by atoms with Crippen LogP contribution in [0, 0.1) is 0 Å². The number of ether oxygens (including phenoxy) is 2. The zero-order valence-electron chi connectivity index (χ0n) is 13.2. The number of anilines is 1. The molecule has 0 aliphatic rings. The standard InChI is InChI=1S/C19H15BrClNO3/c20-16-12-14(21)8-9-18(16)24-10-11-25-19(23)22-17-7-3-5-13-4-1-2-6-15(13)17/h1-9,12H,10-11H2,(H,22,23). The van der Waals surface area contributed by atoms with Gasteiger partial charge in [-0.25, -0.2) is 4.79 Å². The van der Waals surface area contributed by atoms with Gasteiger partial charge in [-0.15, -0.1) is 0 Å². The van der Waals surface area contributed by atoms with E-state index >= 15 is 0 Å². The Morgan fingerprint density at radius 3 is 2.68 bits per heavy atom. The largest absolute Gasteiger partial charge is 0.489 e. The molecule has 0 unspecified atom stereocenters. The quantitative estimate of drug-likeness (QED) is 0.524. The van der Waals surface area contributed by atoms with Crippen molar-refractivity contribution >= 4 is 50.1 Å². The van der Waals surface area contributed by atoms with E-state index in [-0.39, 0.29) is 13.2 Å². The molecule has 0 radical (unpaired) electrons. The van der Waals surface area contributed by atoms with E-state index in [0.29, 0.717) is 16.5 Å². The monoisotopic (exact) mass is 419 g/mol. The molecule has 4 nitrogen and oxygen atoms in total. The minimum absolute atomic E-state index is 0.131. The first kappa shape index (κ1) is 17.6. The lowest BCUT2D eigenvalue weighted by Crippen LogP contribution is -2.17. The Bertz CT molecular complexity index is 895. The number of carbonyl (C=O) groups is 1. The summed E-state index contributed by atoms with van der Waals surface area (Å²) in [5.41, 5.74) is 0.712. The lowest BCUT2D eigenvalue weighted by molar-refractivity contribution is 0.137. The van der Waals surface area contributed by atoms with Crippen LogP contribution < -0.4 is 10.1 Å². The molecule has 0 atom stereocenters. The first-order valence-corrected chi connectivity index (χ1v) is 8.80. The number of fused-ring (bicyclic) bond motifs is 1.